The molecule has 17 rings (SSSR count). The molecule has 10 nitrogen and oxygen atoms in total. The molecule has 5 amide bonds. The van der Waals surface area contributed by atoms with Crippen molar-refractivity contribution in [2.24, 2.45) is 0 Å². The Bertz CT molecular complexity index is 4990. The van der Waals surface area contributed by atoms with Crippen LogP contribution in [0.2, 0.25) is 0 Å². The first kappa shape index (κ1) is 54.3. The van der Waals surface area contributed by atoms with E-state index in [-0.39, 0.29) is 35.6 Å². The summed E-state index contributed by atoms with van der Waals surface area (Å²) in [4.78, 5) is 93.8. The summed E-state index contributed by atoms with van der Waals surface area (Å²) in [6.45, 7) is 29.5. The van der Waals surface area contributed by atoms with Crippen LogP contribution in [0.15, 0.2) is 95.6 Å². The van der Waals surface area contributed by atoms with Gasteiger partial charge in [0.05, 0.1) is 58.0 Å². The molecule has 0 N–H and O–H groups in total. The van der Waals surface area contributed by atoms with Gasteiger partial charge in [-0.2, -0.15) is 0 Å². The first-order valence-corrected chi connectivity index (χ1v) is 32.3. The molecular weight excluding hydrogens is 1100 g/mol. The molecule has 6 aliphatic heterocycles. The van der Waals surface area contributed by atoms with Crippen LogP contribution in [0.25, 0.3) is 53.9 Å². The zero-order valence-corrected chi connectivity index (χ0v) is 53.3. The van der Waals surface area contributed by atoms with Crippen molar-refractivity contribution in [1.29, 1.82) is 0 Å². The summed E-state index contributed by atoms with van der Waals surface area (Å²) in [5, 5.41) is 8.23. The summed E-state index contributed by atoms with van der Waals surface area (Å²) in [5.41, 5.74) is 23.8. The van der Waals surface area contributed by atoms with Gasteiger partial charge in [-0.05, 0) is 236 Å². The molecule has 0 saturated heterocycles. The van der Waals surface area contributed by atoms with Crippen molar-refractivity contribution < 1.29 is 24.0 Å². The summed E-state index contributed by atoms with van der Waals surface area (Å²) in [6.07, 6.45) is 4.76. The molecule has 89 heavy (non-hydrogen) atoms. The predicted octanol–water partition coefficient (Wildman–Crippen LogP) is 17.0. The highest BCUT2D eigenvalue weighted by atomic mass is 16.2. The van der Waals surface area contributed by atoms with Crippen LogP contribution in [0, 0.1) is 55.4 Å². The van der Waals surface area contributed by atoms with Gasteiger partial charge >= 0.3 is 0 Å². The van der Waals surface area contributed by atoms with Gasteiger partial charge in [-0.15, -0.1) is 0 Å². The van der Waals surface area contributed by atoms with Crippen LogP contribution in [-0.4, -0.2) is 60.6 Å². The van der Waals surface area contributed by atoms with Gasteiger partial charge in [0, 0.05) is 59.7 Å². The molecule has 10 heteroatoms. The lowest BCUT2D eigenvalue weighted by atomic mass is 9.78. The van der Waals surface area contributed by atoms with Crippen molar-refractivity contribution in [3.8, 4) is 0 Å². The Balaban J connectivity index is 1.07. The van der Waals surface area contributed by atoms with Crippen LogP contribution < -0.4 is 0 Å². The predicted molar refractivity (Wildman–Crippen MR) is 353 cm³/mol. The zero-order chi connectivity index (χ0) is 61.7. The fourth-order valence-corrected chi connectivity index (χ4v) is 18.8. The quantitative estimate of drug-likeness (QED) is 0.141. The standard InChI is InChI=1S/C79H73N5O5/c1-35-19-14-20-36(2)49(35)30-80-45(11)56-61-66-65-60(70(56)75(80)85)55-44(10)81(31-50-37(3)21-15-22-38(50)4)76(86)71(55)62-57-46(12)83(33-52-41(7)25-17-26-42(52)8)78(88)73(57)64-59-54-29-48-28-18-27-43(9)53(48)34-84(54)79(89)74(59)63(68(66)69(64)67(62)65)58-47(13)82(77(87)72(58)61)32-51-39(5)23-16-24-40(51)6/h14-17,19-27,44-47,54H,18,28-34H2,1-13H3. The molecule has 5 atom stereocenters. The lowest BCUT2D eigenvalue weighted by Gasteiger charge is -2.36. The maximum Gasteiger partial charge on any atom is 0.255 e. The second-order valence-electron chi connectivity index (χ2n) is 27.8. The molecule has 0 spiro atoms. The molecular formula is C79H73N5O5. The van der Waals surface area contributed by atoms with E-state index in [1.54, 1.807) is 0 Å². The van der Waals surface area contributed by atoms with Crippen molar-refractivity contribution in [3.05, 3.63) is 218 Å². The van der Waals surface area contributed by atoms with Crippen LogP contribution in [0.3, 0.4) is 0 Å². The highest BCUT2D eigenvalue weighted by Gasteiger charge is 2.54. The maximum absolute atomic E-state index is 16.8. The van der Waals surface area contributed by atoms with E-state index in [9.17, 15) is 0 Å². The minimum atomic E-state index is -0.510. The SMILES string of the molecule is CC1=CCCC2=C1CN1C(=O)c3c(c4c5c(c6c7c(c8c9c(c%10c%11c(c3c3c%10c8c6c43)C(C)N(Cc3c(C)cccc3C)C%11=O)C(C)N(Cc3c(C)cccc3C)C9=O)C(C)N(Cc3c(C)cccc3C)C7=O)C(C)N(Cc3c(C)cccc3C)C5=O)C1C2. The number of carbonyl (C=O) groups excluding carboxylic acids is 5. The third-order valence-electron chi connectivity index (χ3n) is 23.5. The summed E-state index contributed by atoms with van der Waals surface area (Å²) >= 11 is 0. The summed E-state index contributed by atoms with van der Waals surface area (Å²) in [6, 6.07) is 22.8. The van der Waals surface area contributed by atoms with Crippen LogP contribution in [0.5, 0.6) is 0 Å². The minimum absolute atomic E-state index is 0.0731. The van der Waals surface area contributed by atoms with Gasteiger partial charge in [0.25, 0.3) is 29.5 Å². The number of fused-ring (bicyclic) bond motifs is 17. The van der Waals surface area contributed by atoms with Crippen molar-refractivity contribution in [1.82, 2.24) is 24.5 Å². The van der Waals surface area contributed by atoms with Gasteiger partial charge in [-0.25, -0.2) is 0 Å². The molecule has 0 radical (unpaired) electrons. The molecule has 6 heterocycles. The Hall–Kier alpha value is -8.89. The summed E-state index contributed by atoms with van der Waals surface area (Å²) < 4.78 is 0. The number of benzene rings is 9. The van der Waals surface area contributed by atoms with E-state index < -0.39 is 24.2 Å². The average molecular weight is 1170 g/mol. The number of hydrogen-bond donors (Lipinski definition) is 0. The number of carbonyl (C=O) groups is 5. The fraction of sp³-hybridized carbons (Fsp3) is 0.329. The number of rotatable bonds is 8. The smallest absolute Gasteiger partial charge is 0.255 e. The molecule has 0 bridgehead atoms. The van der Waals surface area contributed by atoms with Crippen LogP contribution in [0.1, 0.15) is 230 Å². The first-order valence-electron chi connectivity index (χ1n) is 32.3. The van der Waals surface area contributed by atoms with Gasteiger partial charge in [-0.3, -0.25) is 24.0 Å². The van der Waals surface area contributed by atoms with E-state index in [1.807, 2.05) is 19.6 Å². The fourth-order valence-electron chi connectivity index (χ4n) is 18.8. The van der Waals surface area contributed by atoms with E-state index in [4.69, 9.17) is 0 Å². The highest BCUT2D eigenvalue weighted by molar-refractivity contribution is 6.52. The van der Waals surface area contributed by atoms with E-state index in [2.05, 4.69) is 174 Å². The molecule has 5 unspecified atom stereocenters. The van der Waals surface area contributed by atoms with Gasteiger partial charge in [0.15, 0.2) is 0 Å². The minimum Gasteiger partial charge on any atom is -0.327 e. The van der Waals surface area contributed by atoms with Gasteiger partial charge in [-0.1, -0.05) is 90.0 Å². The van der Waals surface area contributed by atoms with E-state index in [1.165, 1.54) is 16.7 Å². The van der Waals surface area contributed by atoms with Crippen molar-refractivity contribution in [3.63, 3.8) is 0 Å². The molecule has 0 fully saturated rings. The van der Waals surface area contributed by atoms with E-state index >= 15 is 24.0 Å². The van der Waals surface area contributed by atoms with Gasteiger partial charge < -0.3 is 24.5 Å². The lowest BCUT2D eigenvalue weighted by molar-refractivity contribution is 0.0714. The third-order valence-corrected chi connectivity index (χ3v) is 23.5. The largest absolute Gasteiger partial charge is 0.327 e. The third kappa shape index (κ3) is 6.69. The van der Waals surface area contributed by atoms with Gasteiger partial charge in [0.1, 0.15) is 0 Å². The number of aryl methyl sites for hydroxylation is 8. The number of nitrogens with zero attached hydrogens (tertiary/aromatic N) is 5. The number of allylic oxidation sites excluding steroid dienone is 1. The Morgan fingerprint density at radius 1 is 0.360 bits per heavy atom. The molecule has 7 aliphatic rings. The Kier molecular flexibility index (Phi) is 11.2. The summed E-state index contributed by atoms with van der Waals surface area (Å²) in [5.74, 6) is -0.551. The van der Waals surface area contributed by atoms with Crippen LogP contribution in [-0.2, 0) is 26.2 Å². The first-order chi connectivity index (χ1) is 42.7. The van der Waals surface area contributed by atoms with Crippen molar-refractivity contribution in [2.75, 3.05) is 6.54 Å². The number of amides is 5. The maximum atomic E-state index is 16.8. The average Bonchev–Trinajstić information content (AvgIpc) is 1.47. The second-order valence-corrected chi connectivity index (χ2v) is 27.8. The lowest BCUT2D eigenvalue weighted by Crippen LogP contribution is -2.35. The van der Waals surface area contributed by atoms with Crippen molar-refractivity contribution >= 4 is 83.4 Å². The van der Waals surface area contributed by atoms with Gasteiger partial charge in [0.2, 0.25) is 0 Å². The molecule has 0 saturated carbocycles. The molecule has 0 aromatic heterocycles. The zero-order valence-electron chi connectivity index (χ0n) is 53.3. The normalized spacial score (nSPS) is 21.2. The van der Waals surface area contributed by atoms with E-state index in [0.717, 1.165) is 161 Å². The molecule has 444 valence electrons. The van der Waals surface area contributed by atoms with Crippen LogP contribution in [0.4, 0.5) is 0 Å². The summed E-state index contributed by atoms with van der Waals surface area (Å²) in [7, 11) is 0. The highest BCUT2D eigenvalue weighted by Crippen LogP contribution is 2.66. The van der Waals surface area contributed by atoms with Crippen LogP contribution >= 0.6 is 0 Å². The Morgan fingerprint density at radius 2 is 0.629 bits per heavy atom. The Labute approximate surface area is 519 Å². The molecule has 1 aliphatic carbocycles. The second kappa shape index (κ2) is 18.4. The number of hydrogen-bond acceptors (Lipinski definition) is 5. The molecule has 10 aromatic rings. The van der Waals surface area contributed by atoms with E-state index in [0.29, 0.717) is 67.0 Å². The van der Waals surface area contributed by atoms with Crippen molar-refractivity contribution in [2.45, 2.75) is 166 Å². The Morgan fingerprint density at radius 3 is 0.921 bits per heavy atom. The topological polar surface area (TPSA) is 102 Å². The monoisotopic (exact) mass is 1170 g/mol. The molecule has 10 aromatic carbocycles.